The lowest BCUT2D eigenvalue weighted by atomic mass is 10.1. The van der Waals surface area contributed by atoms with Crippen molar-refractivity contribution in [2.24, 2.45) is 0 Å². The monoisotopic (exact) mass is 301 g/mol. The Kier molecular flexibility index (Phi) is 5.85. The van der Waals surface area contributed by atoms with Crippen LogP contribution in [-0.2, 0) is 11.3 Å². The molecule has 1 unspecified atom stereocenters. The van der Waals surface area contributed by atoms with Crippen molar-refractivity contribution in [3.63, 3.8) is 0 Å². The summed E-state index contributed by atoms with van der Waals surface area (Å²) in [6.45, 7) is 7.65. The van der Waals surface area contributed by atoms with Gasteiger partial charge in [0, 0.05) is 19.6 Å². The van der Waals surface area contributed by atoms with Crippen LogP contribution in [0.4, 0.5) is 5.82 Å². The van der Waals surface area contributed by atoms with Crippen LogP contribution in [0, 0.1) is 0 Å². The zero-order valence-corrected chi connectivity index (χ0v) is 12.5. The third-order valence-corrected chi connectivity index (χ3v) is 3.45. The lowest BCUT2D eigenvalue weighted by Gasteiger charge is -2.14. The van der Waals surface area contributed by atoms with E-state index >= 15 is 0 Å². The fourth-order valence-corrected chi connectivity index (χ4v) is 1.86. The van der Waals surface area contributed by atoms with Gasteiger partial charge in [0.05, 0.1) is 16.8 Å². The van der Waals surface area contributed by atoms with Gasteiger partial charge in [0.2, 0.25) is 0 Å². The maximum absolute atomic E-state index is 5.16. The number of nitrogens with one attached hydrogen (secondary N) is 1. The number of hydrogen-bond donors (Lipinski definition) is 1. The highest BCUT2D eigenvalue weighted by Gasteiger charge is 2.14. The molecule has 1 atom stereocenters. The van der Waals surface area contributed by atoms with Gasteiger partial charge in [-0.25, -0.2) is 9.97 Å². The highest BCUT2D eigenvalue weighted by Crippen LogP contribution is 2.27. The molecule has 1 heterocycles. The second-order valence-corrected chi connectivity index (χ2v) is 4.76. The van der Waals surface area contributed by atoms with E-state index in [2.05, 4.69) is 45.1 Å². The summed E-state index contributed by atoms with van der Waals surface area (Å²) in [6.07, 6.45) is 1.03. The molecule has 0 radical (unpaired) electrons. The molecule has 0 spiro atoms. The van der Waals surface area contributed by atoms with Gasteiger partial charge in [0.1, 0.15) is 11.6 Å². The largest absolute Gasteiger partial charge is 0.378 e. The fraction of sp³-hybridized carbons (Fsp3) is 0.667. The van der Waals surface area contributed by atoms with Crippen LogP contribution in [0.25, 0.3) is 0 Å². The first-order valence-electron chi connectivity index (χ1n) is 5.93. The van der Waals surface area contributed by atoms with E-state index in [0.29, 0.717) is 12.5 Å². The summed E-state index contributed by atoms with van der Waals surface area (Å²) >= 11 is 3.52. The fourth-order valence-electron chi connectivity index (χ4n) is 1.43. The number of rotatable bonds is 6. The second-order valence-electron chi connectivity index (χ2n) is 3.96. The molecule has 0 bridgehead atoms. The Bertz CT molecular complexity index is 344. The highest BCUT2D eigenvalue weighted by atomic mass is 79.9. The van der Waals surface area contributed by atoms with Crippen LogP contribution in [0.3, 0.4) is 0 Å². The third-order valence-electron chi connectivity index (χ3n) is 2.62. The third kappa shape index (κ3) is 3.64. The van der Waals surface area contributed by atoms with Crippen LogP contribution in [-0.4, -0.2) is 23.6 Å². The van der Waals surface area contributed by atoms with Gasteiger partial charge < -0.3 is 10.1 Å². The summed E-state index contributed by atoms with van der Waals surface area (Å²) in [5, 5.41) is 3.24. The summed E-state index contributed by atoms with van der Waals surface area (Å²) in [6, 6.07) is 0. The molecule has 1 rings (SSSR count). The smallest absolute Gasteiger partial charge is 0.144 e. The number of ether oxygens (including phenoxy) is 1. The molecule has 1 aromatic rings. The molecule has 1 N–H and O–H groups in total. The number of halogens is 1. The van der Waals surface area contributed by atoms with Crippen molar-refractivity contribution in [3.05, 3.63) is 16.0 Å². The number of methoxy groups -OCH3 is 1. The van der Waals surface area contributed by atoms with Crippen LogP contribution in [0.2, 0.25) is 0 Å². The average molecular weight is 302 g/mol. The van der Waals surface area contributed by atoms with Gasteiger partial charge in [-0.1, -0.05) is 13.8 Å². The van der Waals surface area contributed by atoms with Crippen molar-refractivity contribution < 1.29 is 4.74 Å². The van der Waals surface area contributed by atoms with Crippen molar-refractivity contribution >= 4 is 21.7 Å². The van der Waals surface area contributed by atoms with Gasteiger partial charge in [-0.15, -0.1) is 0 Å². The Labute approximate surface area is 111 Å². The van der Waals surface area contributed by atoms with E-state index in [9.17, 15) is 0 Å². The van der Waals surface area contributed by atoms with E-state index in [1.165, 1.54) is 0 Å². The van der Waals surface area contributed by atoms with E-state index in [1.54, 1.807) is 7.11 Å². The van der Waals surface area contributed by atoms with Crippen LogP contribution in [0.5, 0.6) is 0 Å². The number of hydrogen-bond acceptors (Lipinski definition) is 4. The maximum Gasteiger partial charge on any atom is 0.144 e. The van der Waals surface area contributed by atoms with E-state index in [0.717, 1.165) is 34.8 Å². The predicted molar refractivity (Wildman–Crippen MR) is 73.3 cm³/mol. The summed E-state index contributed by atoms with van der Waals surface area (Å²) in [7, 11) is 1.67. The topological polar surface area (TPSA) is 47.0 Å². The van der Waals surface area contributed by atoms with Crippen molar-refractivity contribution in [1.29, 1.82) is 0 Å². The molecule has 0 aliphatic carbocycles. The molecular formula is C12H20BrN3O. The van der Waals surface area contributed by atoms with E-state index in [1.807, 2.05) is 6.92 Å². The molecule has 0 amide bonds. The first-order valence-corrected chi connectivity index (χ1v) is 6.72. The minimum Gasteiger partial charge on any atom is -0.378 e. The first kappa shape index (κ1) is 14.4. The Morgan fingerprint density at radius 1 is 1.35 bits per heavy atom. The molecule has 0 aliphatic heterocycles. The Hall–Kier alpha value is -0.680. The Balaban J connectivity index is 3.15. The van der Waals surface area contributed by atoms with E-state index < -0.39 is 0 Å². The molecule has 4 nitrogen and oxygen atoms in total. The Morgan fingerprint density at radius 3 is 2.59 bits per heavy atom. The minimum atomic E-state index is 0.358. The van der Waals surface area contributed by atoms with Gasteiger partial charge in [0.25, 0.3) is 0 Å². The van der Waals surface area contributed by atoms with E-state index in [-0.39, 0.29) is 0 Å². The average Bonchev–Trinajstić information content (AvgIpc) is 2.33. The molecule has 1 aromatic heterocycles. The van der Waals surface area contributed by atoms with Crippen LogP contribution < -0.4 is 5.32 Å². The SMILES string of the molecule is CCNc1nc(C(C)CC)nc(COC)c1Br. The van der Waals surface area contributed by atoms with Crippen LogP contribution in [0.15, 0.2) is 4.47 Å². The maximum atomic E-state index is 5.16. The van der Waals surface area contributed by atoms with Crippen molar-refractivity contribution in [3.8, 4) is 0 Å². The van der Waals surface area contributed by atoms with Crippen LogP contribution in [0.1, 0.15) is 44.6 Å². The highest BCUT2D eigenvalue weighted by molar-refractivity contribution is 9.10. The molecule has 0 saturated heterocycles. The Morgan fingerprint density at radius 2 is 2.06 bits per heavy atom. The molecule has 17 heavy (non-hydrogen) atoms. The quantitative estimate of drug-likeness (QED) is 0.875. The minimum absolute atomic E-state index is 0.358. The van der Waals surface area contributed by atoms with Gasteiger partial charge in [-0.2, -0.15) is 0 Å². The van der Waals surface area contributed by atoms with Crippen LogP contribution >= 0.6 is 15.9 Å². The van der Waals surface area contributed by atoms with Gasteiger partial charge in [-0.3, -0.25) is 0 Å². The predicted octanol–water partition coefficient (Wildman–Crippen LogP) is 3.33. The molecule has 0 aromatic carbocycles. The number of aromatic nitrogens is 2. The van der Waals surface area contributed by atoms with Crippen molar-refractivity contribution in [2.75, 3.05) is 19.0 Å². The molecule has 96 valence electrons. The lowest BCUT2D eigenvalue weighted by molar-refractivity contribution is 0.180. The summed E-state index contributed by atoms with van der Waals surface area (Å²) in [4.78, 5) is 9.10. The number of anilines is 1. The summed E-state index contributed by atoms with van der Waals surface area (Å²) < 4.78 is 6.06. The molecule has 0 fully saturated rings. The zero-order chi connectivity index (χ0) is 12.8. The van der Waals surface area contributed by atoms with Crippen molar-refractivity contribution in [2.45, 2.75) is 39.7 Å². The van der Waals surface area contributed by atoms with Gasteiger partial charge in [0.15, 0.2) is 0 Å². The van der Waals surface area contributed by atoms with Gasteiger partial charge in [-0.05, 0) is 29.3 Å². The molecular weight excluding hydrogens is 282 g/mol. The van der Waals surface area contributed by atoms with Crippen molar-refractivity contribution in [1.82, 2.24) is 9.97 Å². The normalized spacial score (nSPS) is 12.5. The van der Waals surface area contributed by atoms with Gasteiger partial charge >= 0.3 is 0 Å². The van der Waals surface area contributed by atoms with E-state index in [4.69, 9.17) is 4.74 Å². The summed E-state index contributed by atoms with van der Waals surface area (Å²) in [5.74, 6) is 2.08. The molecule has 5 heteroatoms. The molecule has 0 aliphatic rings. The number of nitrogens with zero attached hydrogens (tertiary/aromatic N) is 2. The molecule has 0 saturated carbocycles. The lowest BCUT2D eigenvalue weighted by Crippen LogP contribution is -2.10. The first-order chi connectivity index (χ1) is 8.13. The zero-order valence-electron chi connectivity index (χ0n) is 10.9. The second kappa shape index (κ2) is 6.91. The standard InChI is InChI=1S/C12H20BrN3O/c1-5-8(3)11-15-9(7-17-4)10(13)12(16-11)14-6-2/h8H,5-7H2,1-4H3,(H,14,15,16). The summed E-state index contributed by atoms with van der Waals surface area (Å²) in [5.41, 5.74) is 0.897.